The molecule has 1 aliphatic carbocycles. The van der Waals surface area contributed by atoms with Crippen LogP contribution in [0.25, 0.3) is 0 Å². The summed E-state index contributed by atoms with van der Waals surface area (Å²) in [7, 11) is 0. The first kappa shape index (κ1) is 15.3. The summed E-state index contributed by atoms with van der Waals surface area (Å²) in [5.41, 5.74) is -0.449. The van der Waals surface area contributed by atoms with Crippen LogP contribution in [0.3, 0.4) is 0 Å². The van der Waals surface area contributed by atoms with Crippen molar-refractivity contribution in [3.63, 3.8) is 0 Å². The van der Waals surface area contributed by atoms with Crippen LogP contribution in [0.5, 0.6) is 0 Å². The zero-order valence-corrected chi connectivity index (χ0v) is 12.2. The number of nitrogens with one attached hydrogen (secondary N) is 2. The molecular formula is C16H19F3N2O. The standard InChI is InChI=1S/C16H19F3N2O/c17-16(18,19)12-6-4-11(5-7-12)13-10-20-15(14(22)21-13)8-2-1-3-9-15/h4-7,13,20H,1-3,8-10H2,(H,21,22). The Morgan fingerprint density at radius 3 is 2.23 bits per heavy atom. The first-order chi connectivity index (χ1) is 10.4. The molecule has 120 valence electrons. The predicted octanol–water partition coefficient (Wildman–Crippen LogP) is 3.17. The molecule has 0 bridgehead atoms. The molecule has 2 N–H and O–H groups in total. The van der Waals surface area contributed by atoms with Gasteiger partial charge in [-0.3, -0.25) is 4.79 Å². The zero-order valence-electron chi connectivity index (χ0n) is 12.2. The molecule has 1 aromatic rings. The summed E-state index contributed by atoms with van der Waals surface area (Å²) < 4.78 is 37.7. The van der Waals surface area contributed by atoms with E-state index in [1.807, 2.05) is 0 Å². The molecule has 3 rings (SSSR count). The van der Waals surface area contributed by atoms with Gasteiger partial charge >= 0.3 is 6.18 Å². The van der Waals surface area contributed by atoms with Crippen LogP contribution in [0.4, 0.5) is 13.2 Å². The molecule has 0 aromatic heterocycles. The van der Waals surface area contributed by atoms with Crippen molar-refractivity contribution >= 4 is 5.91 Å². The quantitative estimate of drug-likeness (QED) is 0.836. The lowest BCUT2D eigenvalue weighted by atomic mass is 9.79. The van der Waals surface area contributed by atoms with E-state index in [1.165, 1.54) is 12.1 Å². The molecule has 1 saturated carbocycles. The van der Waals surface area contributed by atoms with Crippen LogP contribution in [0.2, 0.25) is 0 Å². The molecule has 1 amide bonds. The van der Waals surface area contributed by atoms with Gasteiger partial charge in [0.25, 0.3) is 0 Å². The van der Waals surface area contributed by atoms with E-state index in [0.717, 1.165) is 44.2 Å². The maximum absolute atomic E-state index is 12.6. The van der Waals surface area contributed by atoms with E-state index >= 15 is 0 Å². The minimum Gasteiger partial charge on any atom is -0.346 e. The van der Waals surface area contributed by atoms with Crippen molar-refractivity contribution in [1.82, 2.24) is 10.6 Å². The highest BCUT2D eigenvalue weighted by Gasteiger charge is 2.43. The van der Waals surface area contributed by atoms with E-state index in [2.05, 4.69) is 10.6 Å². The van der Waals surface area contributed by atoms with Crippen LogP contribution in [0.15, 0.2) is 24.3 Å². The number of amides is 1. The van der Waals surface area contributed by atoms with Gasteiger partial charge in [-0.25, -0.2) is 0 Å². The molecule has 0 radical (unpaired) electrons. The van der Waals surface area contributed by atoms with E-state index in [4.69, 9.17) is 0 Å². The predicted molar refractivity (Wildman–Crippen MR) is 76.1 cm³/mol. The first-order valence-electron chi connectivity index (χ1n) is 7.64. The smallest absolute Gasteiger partial charge is 0.346 e. The Balaban J connectivity index is 1.71. The Bertz CT molecular complexity index is 548. The van der Waals surface area contributed by atoms with E-state index in [1.54, 1.807) is 0 Å². The molecule has 6 heteroatoms. The highest BCUT2D eigenvalue weighted by atomic mass is 19.4. The topological polar surface area (TPSA) is 41.1 Å². The fourth-order valence-electron chi connectivity index (χ4n) is 3.39. The largest absolute Gasteiger partial charge is 0.416 e. The van der Waals surface area contributed by atoms with E-state index in [0.29, 0.717) is 12.1 Å². The molecule has 2 aliphatic rings. The summed E-state index contributed by atoms with van der Waals surface area (Å²) >= 11 is 0. The Labute approximate surface area is 127 Å². The number of hydrogen-bond donors (Lipinski definition) is 2. The van der Waals surface area contributed by atoms with Gasteiger partial charge < -0.3 is 10.6 Å². The highest BCUT2D eigenvalue weighted by molar-refractivity contribution is 5.87. The van der Waals surface area contributed by atoms with Gasteiger partial charge in [-0.1, -0.05) is 31.4 Å². The van der Waals surface area contributed by atoms with Gasteiger partial charge in [0, 0.05) is 6.54 Å². The zero-order chi connectivity index (χ0) is 15.8. The lowest BCUT2D eigenvalue weighted by molar-refractivity contribution is -0.137. The van der Waals surface area contributed by atoms with Gasteiger partial charge in [0.2, 0.25) is 5.91 Å². The minimum absolute atomic E-state index is 0.0247. The van der Waals surface area contributed by atoms with Crippen LogP contribution in [0, 0.1) is 0 Å². The molecule has 22 heavy (non-hydrogen) atoms. The monoisotopic (exact) mass is 312 g/mol. The van der Waals surface area contributed by atoms with Crippen LogP contribution in [0.1, 0.15) is 49.3 Å². The average Bonchev–Trinajstić information content (AvgIpc) is 2.50. The molecule has 1 unspecified atom stereocenters. The second-order valence-corrected chi connectivity index (χ2v) is 6.17. The van der Waals surface area contributed by atoms with Crippen LogP contribution in [-0.4, -0.2) is 18.0 Å². The number of piperazine rings is 1. The summed E-state index contributed by atoms with van der Waals surface area (Å²) in [6.45, 7) is 0.553. The first-order valence-corrected chi connectivity index (χ1v) is 7.64. The van der Waals surface area contributed by atoms with Crippen LogP contribution in [-0.2, 0) is 11.0 Å². The second-order valence-electron chi connectivity index (χ2n) is 6.17. The Kier molecular flexibility index (Phi) is 3.89. The van der Waals surface area contributed by atoms with E-state index in [9.17, 15) is 18.0 Å². The summed E-state index contributed by atoms with van der Waals surface area (Å²) in [5, 5.41) is 6.31. The lowest BCUT2D eigenvalue weighted by Gasteiger charge is -2.43. The summed E-state index contributed by atoms with van der Waals surface area (Å²) in [6, 6.07) is 4.73. The van der Waals surface area contributed by atoms with Crippen molar-refractivity contribution in [3.8, 4) is 0 Å². The van der Waals surface area contributed by atoms with Crippen molar-refractivity contribution in [2.24, 2.45) is 0 Å². The van der Waals surface area contributed by atoms with Crippen molar-refractivity contribution in [2.45, 2.75) is 49.9 Å². The van der Waals surface area contributed by atoms with Gasteiger partial charge in [-0.2, -0.15) is 13.2 Å². The fraction of sp³-hybridized carbons (Fsp3) is 0.562. The molecule has 1 atom stereocenters. The van der Waals surface area contributed by atoms with Gasteiger partial charge in [0.05, 0.1) is 17.1 Å². The molecule has 3 nitrogen and oxygen atoms in total. The van der Waals surface area contributed by atoms with Crippen molar-refractivity contribution in [1.29, 1.82) is 0 Å². The number of benzene rings is 1. The average molecular weight is 312 g/mol. The number of alkyl halides is 3. The third-order valence-corrected chi connectivity index (χ3v) is 4.73. The Morgan fingerprint density at radius 1 is 1.05 bits per heavy atom. The van der Waals surface area contributed by atoms with Crippen molar-refractivity contribution in [2.75, 3.05) is 6.54 Å². The molecule has 1 heterocycles. The van der Waals surface area contributed by atoms with Gasteiger partial charge in [-0.05, 0) is 30.5 Å². The lowest BCUT2D eigenvalue weighted by Crippen LogP contribution is -2.64. The van der Waals surface area contributed by atoms with Crippen LogP contribution >= 0.6 is 0 Å². The number of hydrogen-bond acceptors (Lipinski definition) is 2. The highest BCUT2D eigenvalue weighted by Crippen LogP contribution is 2.33. The molecule has 1 saturated heterocycles. The summed E-state index contributed by atoms with van der Waals surface area (Å²) in [6.07, 6.45) is 0.547. The van der Waals surface area contributed by atoms with Crippen molar-refractivity contribution in [3.05, 3.63) is 35.4 Å². The number of carbonyl (C=O) groups is 1. The molecule has 1 spiro atoms. The number of halogens is 3. The van der Waals surface area contributed by atoms with E-state index < -0.39 is 17.3 Å². The molecular weight excluding hydrogens is 293 g/mol. The number of rotatable bonds is 1. The van der Waals surface area contributed by atoms with Crippen molar-refractivity contribution < 1.29 is 18.0 Å². The minimum atomic E-state index is -4.33. The van der Waals surface area contributed by atoms with E-state index in [-0.39, 0.29) is 11.9 Å². The maximum atomic E-state index is 12.6. The maximum Gasteiger partial charge on any atom is 0.416 e. The van der Waals surface area contributed by atoms with Gasteiger partial charge in [0.15, 0.2) is 0 Å². The van der Waals surface area contributed by atoms with Gasteiger partial charge in [-0.15, -0.1) is 0 Å². The Hall–Kier alpha value is -1.56. The third kappa shape index (κ3) is 2.84. The Morgan fingerprint density at radius 2 is 1.68 bits per heavy atom. The molecule has 1 aliphatic heterocycles. The number of carbonyl (C=O) groups excluding carboxylic acids is 1. The third-order valence-electron chi connectivity index (χ3n) is 4.73. The van der Waals surface area contributed by atoms with Gasteiger partial charge in [0.1, 0.15) is 0 Å². The second kappa shape index (κ2) is 5.57. The summed E-state index contributed by atoms with van der Waals surface area (Å²) in [5.74, 6) is -0.0247. The summed E-state index contributed by atoms with van der Waals surface area (Å²) in [4.78, 5) is 12.4. The fourth-order valence-corrected chi connectivity index (χ4v) is 3.39. The molecule has 2 fully saturated rings. The molecule has 1 aromatic carbocycles. The SMILES string of the molecule is O=C1NC(c2ccc(C(F)(F)F)cc2)CNC12CCCCC2. The normalized spacial score (nSPS) is 25.0. The van der Waals surface area contributed by atoms with Crippen LogP contribution < -0.4 is 10.6 Å².